The van der Waals surface area contributed by atoms with E-state index in [1.165, 1.54) is 31.4 Å². The van der Waals surface area contributed by atoms with E-state index in [-0.39, 0.29) is 12.0 Å². The summed E-state index contributed by atoms with van der Waals surface area (Å²) in [7, 11) is -2.47. The van der Waals surface area contributed by atoms with Gasteiger partial charge in [-0.3, -0.25) is 0 Å². The largest absolute Gasteiger partial charge is 0.349 e. The molecule has 0 aromatic carbocycles. The molecule has 0 spiro atoms. The van der Waals surface area contributed by atoms with Gasteiger partial charge in [-0.2, -0.15) is 4.08 Å². The van der Waals surface area contributed by atoms with Gasteiger partial charge in [-0.25, -0.2) is 9.52 Å². The second-order valence-electron chi connectivity index (χ2n) is 7.73. The van der Waals surface area contributed by atoms with Crippen molar-refractivity contribution in [3.8, 4) is 0 Å². The van der Waals surface area contributed by atoms with E-state index in [0.29, 0.717) is 19.3 Å². The molecular weight excluding hydrogens is 457 g/mol. The number of nitrogens with one attached hydrogen (secondary N) is 1. The summed E-state index contributed by atoms with van der Waals surface area (Å²) in [6.07, 6.45) is 5.81. The molecule has 161 valence electrons. The smallest absolute Gasteiger partial charge is 0.320 e. The van der Waals surface area contributed by atoms with Gasteiger partial charge in [0.25, 0.3) is 0 Å². The van der Waals surface area contributed by atoms with Gasteiger partial charge in [-0.15, -0.1) is 0 Å². The summed E-state index contributed by atoms with van der Waals surface area (Å²) < 4.78 is 18.3. The maximum Gasteiger partial charge on any atom is 0.349 e. The molecule has 1 radical (unpaired) electrons. The normalized spacial score (nSPS) is 25.1. The first kappa shape index (κ1) is 23.5. The Morgan fingerprint density at radius 1 is 1.32 bits per heavy atom. The third-order valence-corrected chi connectivity index (χ3v) is 12.0. The number of rotatable bonds is 7. The van der Waals surface area contributed by atoms with Gasteiger partial charge in [0, 0.05) is 35.1 Å². The van der Waals surface area contributed by atoms with Crippen molar-refractivity contribution < 1.29 is 18.7 Å². The molecule has 0 unspecified atom stereocenters. The molecule has 12 heteroatoms. The van der Waals surface area contributed by atoms with Crippen molar-refractivity contribution in [3.05, 3.63) is 0 Å². The highest BCUT2D eigenvalue weighted by Gasteiger charge is 2.45. The van der Waals surface area contributed by atoms with Crippen molar-refractivity contribution >= 4 is 65.3 Å². The van der Waals surface area contributed by atoms with Crippen molar-refractivity contribution in [2.45, 2.75) is 52.0 Å². The zero-order chi connectivity index (χ0) is 20.0. The standard InChI is InChI=1S/C16H29N3O4PS4/c1-16(2)11-21-24(25,22-12-16)19(13-6-4-3-5-7-13)28-17-10-14(20)23-18-15-26-8-9-27-15/h13,17,25H,3-12H2,1-2H3. The van der Waals surface area contributed by atoms with Crippen molar-refractivity contribution in [3.63, 3.8) is 0 Å². The summed E-state index contributed by atoms with van der Waals surface area (Å²) in [6, 6.07) is 0.320. The maximum atomic E-state index is 12.0. The summed E-state index contributed by atoms with van der Waals surface area (Å²) in [5, 5.41) is 3.90. The Labute approximate surface area is 186 Å². The van der Waals surface area contributed by atoms with Crippen LogP contribution in [-0.4, -0.2) is 51.7 Å². The monoisotopic (exact) mass is 486 g/mol. The lowest BCUT2D eigenvalue weighted by Gasteiger charge is -2.48. The molecule has 2 heterocycles. The van der Waals surface area contributed by atoms with Gasteiger partial charge in [-0.05, 0) is 12.8 Å². The van der Waals surface area contributed by atoms with Crippen LogP contribution in [0.2, 0.25) is 0 Å². The van der Waals surface area contributed by atoms with Crippen LogP contribution in [-0.2, 0) is 18.7 Å². The summed E-state index contributed by atoms with van der Waals surface area (Å²) in [5.41, 5.74) is -0.0121. The van der Waals surface area contributed by atoms with Crippen molar-refractivity contribution in [1.82, 2.24) is 8.80 Å². The Morgan fingerprint density at radius 3 is 2.61 bits per heavy atom. The van der Waals surface area contributed by atoms with Crippen LogP contribution in [0.5, 0.6) is 0 Å². The summed E-state index contributed by atoms with van der Waals surface area (Å²) in [6.45, 7) is 5.53. The molecule has 2 saturated heterocycles. The summed E-state index contributed by atoms with van der Waals surface area (Å²) >= 11 is 9.44. The van der Waals surface area contributed by atoms with Gasteiger partial charge in [0.1, 0.15) is 6.54 Å². The zero-order valence-corrected chi connectivity index (χ0v) is 20.5. The van der Waals surface area contributed by atoms with Crippen LogP contribution in [0.25, 0.3) is 0 Å². The summed E-state index contributed by atoms with van der Waals surface area (Å²) in [4.78, 5) is 17.0. The van der Waals surface area contributed by atoms with Crippen LogP contribution in [0.15, 0.2) is 5.16 Å². The minimum atomic E-state index is -2.47. The second kappa shape index (κ2) is 10.9. The first-order valence-electron chi connectivity index (χ1n) is 9.52. The maximum absolute atomic E-state index is 12.0. The lowest BCUT2D eigenvalue weighted by Crippen LogP contribution is -2.39. The fourth-order valence-corrected chi connectivity index (χ4v) is 9.64. The fourth-order valence-electron chi connectivity index (χ4n) is 2.97. The number of hydrogen-bond acceptors (Lipinski definition) is 11. The number of thioether (sulfide) groups is 2. The lowest BCUT2D eigenvalue weighted by molar-refractivity contribution is -0.142. The van der Waals surface area contributed by atoms with Crippen LogP contribution in [0, 0.1) is 5.41 Å². The van der Waals surface area contributed by atoms with Crippen LogP contribution >= 0.6 is 55.0 Å². The Kier molecular flexibility index (Phi) is 9.14. The van der Waals surface area contributed by atoms with Gasteiger partial charge in [0.15, 0.2) is 4.38 Å². The SMILES string of the molecule is CC1(C)CO[P](S)(N(SNCC(=O)ON=C2SCCS2)C2CCCCC2)OC1. The summed E-state index contributed by atoms with van der Waals surface area (Å²) in [5.74, 6) is 1.61. The number of oxime groups is 1. The molecule has 28 heavy (non-hydrogen) atoms. The zero-order valence-electron chi connectivity index (χ0n) is 16.3. The molecular formula is C16H29N3O4PS4. The van der Waals surface area contributed by atoms with Crippen LogP contribution < -0.4 is 4.72 Å². The Bertz CT molecular complexity index is 560. The highest BCUT2D eigenvalue weighted by molar-refractivity contribution is 8.50. The van der Waals surface area contributed by atoms with E-state index in [9.17, 15) is 4.79 Å². The lowest BCUT2D eigenvalue weighted by atomic mass is 9.96. The Hall–Kier alpha value is 0.810. The number of nitrogens with zero attached hydrogens (tertiary/aromatic N) is 2. The van der Waals surface area contributed by atoms with E-state index in [1.54, 1.807) is 23.5 Å². The van der Waals surface area contributed by atoms with E-state index in [2.05, 4.69) is 27.8 Å². The molecule has 3 rings (SSSR count). The molecule has 3 aliphatic rings. The van der Waals surface area contributed by atoms with E-state index in [1.807, 2.05) is 0 Å². The molecule has 1 aliphatic carbocycles. The third kappa shape index (κ3) is 6.92. The number of carbonyl (C=O) groups excluding carboxylic acids is 1. The number of hydrogen-bond donors (Lipinski definition) is 2. The van der Waals surface area contributed by atoms with E-state index in [0.717, 1.165) is 28.7 Å². The first-order chi connectivity index (χ1) is 13.4. The molecule has 0 aromatic heterocycles. The molecule has 0 bridgehead atoms. The minimum absolute atomic E-state index is 0.0121. The van der Waals surface area contributed by atoms with Gasteiger partial charge >= 0.3 is 5.97 Å². The topological polar surface area (TPSA) is 72.4 Å². The molecule has 7 nitrogen and oxygen atoms in total. The Morgan fingerprint density at radius 2 is 1.96 bits per heavy atom. The molecule has 0 atom stereocenters. The first-order valence-corrected chi connectivity index (χ1v) is 15.0. The van der Waals surface area contributed by atoms with Crippen molar-refractivity contribution in [2.24, 2.45) is 10.6 Å². The fraction of sp³-hybridized carbons (Fsp3) is 0.875. The average Bonchev–Trinajstić information content (AvgIpc) is 3.21. The van der Waals surface area contributed by atoms with E-state index < -0.39 is 13.0 Å². The average molecular weight is 487 g/mol. The number of thiol groups is 1. The van der Waals surface area contributed by atoms with Gasteiger partial charge in [-0.1, -0.05) is 74.0 Å². The van der Waals surface area contributed by atoms with Crippen LogP contribution in [0.3, 0.4) is 0 Å². The molecule has 1 saturated carbocycles. The van der Waals surface area contributed by atoms with Crippen LogP contribution in [0.1, 0.15) is 46.0 Å². The molecule has 0 amide bonds. The van der Waals surface area contributed by atoms with Crippen molar-refractivity contribution in [1.29, 1.82) is 0 Å². The van der Waals surface area contributed by atoms with E-state index in [4.69, 9.17) is 26.1 Å². The van der Waals surface area contributed by atoms with Crippen molar-refractivity contribution in [2.75, 3.05) is 31.3 Å². The van der Waals surface area contributed by atoms with Crippen LogP contribution in [0.4, 0.5) is 0 Å². The predicted molar refractivity (Wildman–Crippen MR) is 124 cm³/mol. The molecule has 0 aromatic rings. The van der Waals surface area contributed by atoms with Gasteiger partial charge in [0.2, 0.25) is 7.07 Å². The van der Waals surface area contributed by atoms with E-state index >= 15 is 0 Å². The molecule has 1 N–H and O–H groups in total. The third-order valence-electron chi connectivity index (χ3n) is 4.51. The van der Waals surface area contributed by atoms with Gasteiger partial charge < -0.3 is 13.9 Å². The minimum Gasteiger partial charge on any atom is -0.320 e. The predicted octanol–water partition coefficient (Wildman–Crippen LogP) is 4.75. The van der Waals surface area contributed by atoms with Gasteiger partial charge in [0.05, 0.1) is 13.2 Å². The highest BCUT2D eigenvalue weighted by Crippen LogP contribution is 2.74. The molecule has 2 aliphatic heterocycles. The Balaban J connectivity index is 1.53. The quantitative estimate of drug-likeness (QED) is 0.174. The highest BCUT2D eigenvalue weighted by atomic mass is 32.7. The molecule has 3 fully saturated rings. The second-order valence-corrected chi connectivity index (χ2v) is 14.7. The number of carbonyl (C=O) groups is 1.